The molecule has 94 valence electrons. The summed E-state index contributed by atoms with van der Waals surface area (Å²) in [7, 11) is 1.38. The Bertz CT molecular complexity index is 404. The number of thiazole rings is 1. The number of carbonyl (C=O) groups is 1. The van der Waals surface area contributed by atoms with Gasteiger partial charge in [0.15, 0.2) is 10.8 Å². The highest BCUT2D eigenvalue weighted by molar-refractivity contribution is 7.13. The highest BCUT2D eigenvalue weighted by Crippen LogP contribution is 2.33. The Morgan fingerprint density at radius 1 is 1.47 bits per heavy atom. The molecule has 0 unspecified atom stereocenters. The second kappa shape index (κ2) is 4.64. The molecule has 1 aromatic rings. The summed E-state index contributed by atoms with van der Waals surface area (Å²) >= 11 is 1.51. The fraction of sp³-hybridized carbons (Fsp3) is 0.667. The van der Waals surface area contributed by atoms with Gasteiger partial charge < -0.3 is 9.64 Å². The smallest absolute Gasteiger partial charge is 0.357 e. The molecular formula is C12H18N2O2S. The van der Waals surface area contributed by atoms with E-state index in [1.807, 2.05) is 0 Å². The zero-order valence-electron chi connectivity index (χ0n) is 10.5. The standard InChI is InChI=1S/C12H18N2O2S/c1-12(2)4-6-14(7-5-12)11-13-9(8-17-11)10(15)16-3/h8H,4-7H2,1-3H3. The van der Waals surface area contributed by atoms with Crippen LogP contribution in [0.2, 0.25) is 0 Å². The van der Waals surface area contributed by atoms with Crippen LogP contribution < -0.4 is 4.90 Å². The number of hydrogen-bond donors (Lipinski definition) is 0. The topological polar surface area (TPSA) is 42.4 Å². The summed E-state index contributed by atoms with van der Waals surface area (Å²) in [5.74, 6) is -0.357. The maximum atomic E-state index is 11.3. The van der Waals surface area contributed by atoms with Gasteiger partial charge in [0.1, 0.15) is 0 Å². The molecule has 1 aromatic heterocycles. The number of anilines is 1. The lowest BCUT2D eigenvalue weighted by molar-refractivity contribution is 0.0595. The van der Waals surface area contributed by atoms with Gasteiger partial charge in [-0.2, -0.15) is 0 Å². The third-order valence-corrected chi connectivity index (χ3v) is 4.18. The van der Waals surface area contributed by atoms with Crippen molar-refractivity contribution in [2.45, 2.75) is 26.7 Å². The molecule has 0 spiro atoms. The molecule has 0 aromatic carbocycles. The molecule has 1 aliphatic heterocycles. The molecule has 0 N–H and O–H groups in total. The minimum atomic E-state index is -0.357. The lowest BCUT2D eigenvalue weighted by Gasteiger charge is -2.36. The van der Waals surface area contributed by atoms with Crippen LogP contribution in [0.4, 0.5) is 5.13 Å². The van der Waals surface area contributed by atoms with Crippen LogP contribution in [-0.2, 0) is 4.74 Å². The highest BCUT2D eigenvalue weighted by Gasteiger charge is 2.27. The van der Waals surface area contributed by atoms with Crippen LogP contribution in [-0.4, -0.2) is 31.2 Å². The second-order valence-corrected chi connectivity index (χ2v) is 5.99. The van der Waals surface area contributed by atoms with Crippen LogP contribution in [0.5, 0.6) is 0 Å². The van der Waals surface area contributed by atoms with Crippen LogP contribution in [0.25, 0.3) is 0 Å². The van der Waals surface area contributed by atoms with Crippen molar-refractivity contribution in [1.29, 1.82) is 0 Å². The number of piperidine rings is 1. The Kier molecular flexibility index (Phi) is 3.38. The summed E-state index contributed by atoms with van der Waals surface area (Å²) in [5, 5.41) is 2.70. The largest absolute Gasteiger partial charge is 0.464 e. The predicted molar refractivity (Wildman–Crippen MR) is 68.7 cm³/mol. The van der Waals surface area contributed by atoms with Crippen LogP contribution >= 0.6 is 11.3 Å². The van der Waals surface area contributed by atoms with Crippen molar-refractivity contribution in [1.82, 2.24) is 4.98 Å². The van der Waals surface area contributed by atoms with E-state index in [1.165, 1.54) is 31.3 Å². The normalized spacial score (nSPS) is 19.1. The molecule has 1 fully saturated rings. The van der Waals surface area contributed by atoms with Crippen molar-refractivity contribution >= 4 is 22.4 Å². The molecule has 2 heterocycles. The van der Waals surface area contributed by atoms with Crippen molar-refractivity contribution in [3.63, 3.8) is 0 Å². The summed E-state index contributed by atoms with van der Waals surface area (Å²) in [6, 6.07) is 0. The van der Waals surface area contributed by atoms with Crippen molar-refractivity contribution in [3.8, 4) is 0 Å². The van der Waals surface area contributed by atoms with Crippen LogP contribution in [0.15, 0.2) is 5.38 Å². The zero-order valence-corrected chi connectivity index (χ0v) is 11.3. The van der Waals surface area contributed by atoms with Crippen molar-refractivity contribution in [3.05, 3.63) is 11.1 Å². The summed E-state index contributed by atoms with van der Waals surface area (Å²) in [4.78, 5) is 17.9. The maximum Gasteiger partial charge on any atom is 0.357 e. The van der Waals surface area contributed by atoms with E-state index in [-0.39, 0.29) is 5.97 Å². The number of aromatic nitrogens is 1. The van der Waals surface area contributed by atoms with E-state index in [0.29, 0.717) is 11.1 Å². The highest BCUT2D eigenvalue weighted by atomic mass is 32.1. The third-order valence-electron chi connectivity index (χ3n) is 3.27. The summed E-state index contributed by atoms with van der Waals surface area (Å²) in [5.41, 5.74) is 0.844. The quantitative estimate of drug-likeness (QED) is 0.761. The van der Waals surface area contributed by atoms with Gasteiger partial charge in [-0.15, -0.1) is 11.3 Å². The Balaban J connectivity index is 2.04. The summed E-state index contributed by atoms with van der Waals surface area (Å²) < 4.78 is 4.66. The third kappa shape index (κ3) is 2.77. The molecule has 1 saturated heterocycles. The van der Waals surface area contributed by atoms with Crippen molar-refractivity contribution in [2.75, 3.05) is 25.1 Å². The first kappa shape index (κ1) is 12.4. The number of methoxy groups -OCH3 is 1. The second-order valence-electron chi connectivity index (χ2n) is 5.16. The molecule has 4 nitrogen and oxygen atoms in total. The number of nitrogens with zero attached hydrogens (tertiary/aromatic N) is 2. The SMILES string of the molecule is COC(=O)c1csc(N2CCC(C)(C)CC2)n1. The molecule has 0 atom stereocenters. The van der Waals surface area contributed by atoms with Gasteiger partial charge in [0.2, 0.25) is 0 Å². The molecule has 5 heteroatoms. The van der Waals surface area contributed by atoms with E-state index >= 15 is 0 Å². The monoisotopic (exact) mass is 254 g/mol. The van der Waals surface area contributed by atoms with Crippen molar-refractivity contribution < 1.29 is 9.53 Å². The van der Waals surface area contributed by atoms with Crippen LogP contribution in [0.1, 0.15) is 37.2 Å². The number of rotatable bonds is 2. The fourth-order valence-electron chi connectivity index (χ4n) is 1.91. The van der Waals surface area contributed by atoms with E-state index in [0.717, 1.165) is 18.2 Å². The average molecular weight is 254 g/mol. The molecule has 0 amide bonds. The first-order chi connectivity index (χ1) is 8.02. The Morgan fingerprint density at radius 3 is 2.71 bits per heavy atom. The van der Waals surface area contributed by atoms with E-state index in [1.54, 1.807) is 5.38 Å². The molecule has 1 aliphatic rings. The maximum absolute atomic E-state index is 11.3. The van der Waals surface area contributed by atoms with Gasteiger partial charge >= 0.3 is 5.97 Å². The number of hydrogen-bond acceptors (Lipinski definition) is 5. The number of ether oxygens (including phenoxy) is 1. The summed E-state index contributed by atoms with van der Waals surface area (Å²) in [6.45, 7) is 6.63. The van der Waals surface area contributed by atoms with E-state index in [9.17, 15) is 4.79 Å². The van der Waals surface area contributed by atoms with E-state index in [2.05, 4.69) is 28.5 Å². The zero-order chi connectivity index (χ0) is 12.5. The summed E-state index contributed by atoms with van der Waals surface area (Å²) in [6.07, 6.45) is 2.33. The average Bonchev–Trinajstić information content (AvgIpc) is 2.77. The van der Waals surface area contributed by atoms with Crippen LogP contribution in [0.3, 0.4) is 0 Å². The van der Waals surface area contributed by atoms with Gasteiger partial charge in [0.05, 0.1) is 7.11 Å². The van der Waals surface area contributed by atoms with Gasteiger partial charge in [0.25, 0.3) is 0 Å². The lowest BCUT2D eigenvalue weighted by Crippen LogP contribution is -2.37. The minimum Gasteiger partial charge on any atom is -0.464 e. The molecule has 0 aliphatic carbocycles. The Morgan fingerprint density at radius 2 is 2.12 bits per heavy atom. The molecule has 0 radical (unpaired) electrons. The molecular weight excluding hydrogens is 236 g/mol. The lowest BCUT2D eigenvalue weighted by atomic mass is 9.83. The molecule has 0 bridgehead atoms. The Labute approximate surface area is 106 Å². The van der Waals surface area contributed by atoms with E-state index < -0.39 is 0 Å². The van der Waals surface area contributed by atoms with Gasteiger partial charge in [0, 0.05) is 18.5 Å². The molecule has 2 rings (SSSR count). The van der Waals surface area contributed by atoms with Gasteiger partial charge in [-0.05, 0) is 18.3 Å². The van der Waals surface area contributed by atoms with E-state index in [4.69, 9.17) is 0 Å². The van der Waals surface area contributed by atoms with Crippen LogP contribution in [0, 0.1) is 5.41 Å². The minimum absolute atomic E-state index is 0.357. The van der Waals surface area contributed by atoms with Gasteiger partial charge in [-0.25, -0.2) is 9.78 Å². The predicted octanol–water partition coefficient (Wildman–Crippen LogP) is 2.56. The van der Waals surface area contributed by atoms with Crippen molar-refractivity contribution in [2.24, 2.45) is 5.41 Å². The van der Waals surface area contributed by atoms with Gasteiger partial charge in [-0.3, -0.25) is 0 Å². The number of esters is 1. The Hall–Kier alpha value is -1.10. The molecule has 0 saturated carbocycles. The van der Waals surface area contributed by atoms with Gasteiger partial charge in [-0.1, -0.05) is 13.8 Å². The molecule has 17 heavy (non-hydrogen) atoms. The first-order valence-corrected chi connectivity index (χ1v) is 6.69. The number of carbonyl (C=O) groups excluding carboxylic acids is 1. The first-order valence-electron chi connectivity index (χ1n) is 5.81. The fourth-order valence-corrected chi connectivity index (χ4v) is 2.76.